The van der Waals surface area contributed by atoms with Crippen LogP contribution in [-0.4, -0.2) is 27.4 Å². The van der Waals surface area contributed by atoms with Gasteiger partial charge in [-0.1, -0.05) is 23.8 Å². The Morgan fingerprint density at radius 3 is 2.54 bits per heavy atom. The van der Waals surface area contributed by atoms with Crippen LogP contribution in [0.25, 0.3) is 5.65 Å². The molecule has 142 valence electrons. The summed E-state index contributed by atoms with van der Waals surface area (Å²) in [4.78, 5) is 16.7. The summed E-state index contributed by atoms with van der Waals surface area (Å²) in [6.45, 7) is 2.02. The third-order valence-corrected chi connectivity index (χ3v) is 5.33. The van der Waals surface area contributed by atoms with Crippen molar-refractivity contribution in [3.63, 3.8) is 0 Å². The molecule has 0 spiro atoms. The topological polar surface area (TPSA) is 82.2 Å². The molecule has 4 rings (SSSR count). The van der Waals surface area contributed by atoms with Gasteiger partial charge in [-0.2, -0.15) is 5.26 Å². The molecule has 1 aliphatic rings. The Bertz CT molecular complexity index is 1020. The van der Waals surface area contributed by atoms with Gasteiger partial charge in [-0.05, 0) is 56.9 Å². The highest BCUT2D eigenvalue weighted by atomic mass is 16.1. The molecule has 2 heterocycles. The van der Waals surface area contributed by atoms with E-state index < -0.39 is 0 Å². The molecule has 28 heavy (non-hydrogen) atoms. The number of aryl methyl sites for hydroxylation is 1. The zero-order valence-corrected chi connectivity index (χ0v) is 15.9. The highest BCUT2D eigenvalue weighted by Crippen LogP contribution is 2.23. The van der Waals surface area contributed by atoms with Gasteiger partial charge in [0.05, 0.1) is 0 Å². The van der Waals surface area contributed by atoms with E-state index in [4.69, 9.17) is 5.26 Å². The van der Waals surface area contributed by atoms with Gasteiger partial charge < -0.3 is 10.6 Å². The summed E-state index contributed by atoms with van der Waals surface area (Å²) < 4.78 is 1.92. The minimum Gasteiger partial charge on any atom is -0.368 e. The second-order valence-corrected chi connectivity index (χ2v) is 7.41. The number of carbonyl (C=O) groups is 1. The molecule has 1 saturated carbocycles. The van der Waals surface area contributed by atoms with Crippen molar-refractivity contribution >= 4 is 17.4 Å². The smallest absolute Gasteiger partial charge is 0.251 e. The molecule has 6 nitrogen and oxygen atoms in total. The van der Waals surface area contributed by atoms with Crippen molar-refractivity contribution in [3.05, 3.63) is 65.5 Å². The van der Waals surface area contributed by atoms with E-state index in [1.54, 1.807) is 6.20 Å². The Morgan fingerprint density at radius 2 is 1.82 bits per heavy atom. The van der Waals surface area contributed by atoms with E-state index in [0.29, 0.717) is 17.3 Å². The fourth-order valence-corrected chi connectivity index (χ4v) is 3.75. The molecule has 0 unspecified atom stereocenters. The molecule has 0 atom stereocenters. The van der Waals surface area contributed by atoms with E-state index in [9.17, 15) is 4.79 Å². The molecule has 6 heteroatoms. The van der Waals surface area contributed by atoms with Crippen LogP contribution in [0.1, 0.15) is 47.3 Å². The lowest BCUT2D eigenvalue weighted by molar-refractivity contribution is 0.0926. The molecule has 1 fully saturated rings. The first kappa shape index (κ1) is 18.1. The molecule has 2 aromatic heterocycles. The molecule has 3 aromatic rings. The van der Waals surface area contributed by atoms with Gasteiger partial charge in [0.15, 0.2) is 5.69 Å². The fourth-order valence-electron chi connectivity index (χ4n) is 3.75. The Morgan fingerprint density at radius 1 is 1.11 bits per heavy atom. The minimum atomic E-state index is 0.00336. The zero-order valence-electron chi connectivity index (χ0n) is 15.9. The third-order valence-electron chi connectivity index (χ3n) is 5.33. The van der Waals surface area contributed by atoms with E-state index >= 15 is 0 Å². The molecule has 0 bridgehead atoms. The predicted octanol–water partition coefficient (Wildman–Crippen LogP) is 3.67. The summed E-state index contributed by atoms with van der Waals surface area (Å²) in [6.07, 6.45) is 5.60. The highest BCUT2D eigenvalue weighted by molar-refractivity contribution is 5.94. The van der Waals surface area contributed by atoms with Gasteiger partial charge in [0.1, 0.15) is 17.5 Å². The first-order chi connectivity index (χ1) is 13.6. The number of hydrogen-bond acceptors (Lipinski definition) is 4. The fraction of sp³-hybridized carbons (Fsp3) is 0.318. The van der Waals surface area contributed by atoms with Gasteiger partial charge >= 0.3 is 0 Å². The summed E-state index contributed by atoms with van der Waals surface area (Å²) in [7, 11) is 0. The Balaban J connectivity index is 1.34. The number of aromatic nitrogens is 2. The number of benzene rings is 1. The largest absolute Gasteiger partial charge is 0.368 e. The second-order valence-electron chi connectivity index (χ2n) is 7.41. The van der Waals surface area contributed by atoms with Crippen LogP contribution in [0.4, 0.5) is 5.82 Å². The van der Waals surface area contributed by atoms with Crippen LogP contribution in [0.15, 0.2) is 48.7 Å². The van der Waals surface area contributed by atoms with Gasteiger partial charge in [0.2, 0.25) is 0 Å². The molecule has 0 aliphatic heterocycles. The van der Waals surface area contributed by atoms with Gasteiger partial charge in [-0.15, -0.1) is 0 Å². The maximum absolute atomic E-state index is 12.4. The lowest BCUT2D eigenvalue weighted by Gasteiger charge is -2.30. The van der Waals surface area contributed by atoms with Crippen molar-refractivity contribution in [3.8, 4) is 6.07 Å². The monoisotopic (exact) mass is 373 g/mol. The number of carbonyl (C=O) groups excluding carboxylic acids is 1. The highest BCUT2D eigenvalue weighted by Gasteiger charge is 2.23. The van der Waals surface area contributed by atoms with Crippen LogP contribution in [-0.2, 0) is 0 Å². The molecule has 1 aliphatic carbocycles. The molecular weight excluding hydrogens is 350 g/mol. The number of pyridine rings is 1. The van der Waals surface area contributed by atoms with Crippen molar-refractivity contribution in [2.75, 3.05) is 5.32 Å². The number of amides is 1. The van der Waals surface area contributed by atoms with E-state index in [1.165, 1.54) is 0 Å². The number of nitriles is 1. The molecule has 0 saturated heterocycles. The summed E-state index contributed by atoms with van der Waals surface area (Å²) >= 11 is 0. The van der Waals surface area contributed by atoms with Gasteiger partial charge in [0, 0.05) is 23.8 Å². The lowest BCUT2D eigenvalue weighted by Crippen LogP contribution is -2.40. The van der Waals surface area contributed by atoms with Crippen molar-refractivity contribution in [2.45, 2.75) is 44.7 Å². The first-order valence-electron chi connectivity index (χ1n) is 9.64. The summed E-state index contributed by atoms with van der Waals surface area (Å²) in [6, 6.07) is 16.1. The maximum atomic E-state index is 12.4. The van der Waals surface area contributed by atoms with Crippen LogP contribution in [0.3, 0.4) is 0 Å². The van der Waals surface area contributed by atoms with Crippen LogP contribution >= 0.6 is 0 Å². The quantitative estimate of drug-likeness (QED) is 0.731. The van der Waals surface area contributed by atoms with E-state index in [2.05, 4.69) is 21.7 Å². The molecule has 0 radical (unpaired) electrons. The lowest BCUT2D eigenvalue weighted by atomic mass is 9.91. The number of fused-ring (bicyclic) bond motifs is 1. The van der Waals surface area contributed by atoms with Crippen molar-refractivity contribution < 1.29 is 4.79 Å². The van der Waals surface area contributed by atoms with Crippen LogP contribution < -0.4 is 10.6 Å². The maximum Gasteiger partial charge on any atom is 0.251 e. The average molecular weight is 373 g/mol. The van der Waals surface area contributed by atoms with Gasteiger partial charge in [-0.3, -0.25) is 9.20 Å². The van der Waals surface area contributed by atoms with E-state index in [-0.39, 0.29) is 11.9 Å². The number of nitrogens with one attached hydrogen (secondary N) is 2. The number of rotatable bonds is 4. The van der Waals surface area contributed by atoms with Crippen LogP contribution in [0.2, 0.25) is 0 Å². The zero-order chi connectivity index (χ0) is 19.5. The first-order valence-corrected chi connectivity index (χ1v) is 9.64. The predicted molar refractivity (Wildman–Crippen MR) is 108 cm³/mol. The average Bonchev–Trinajstić information content (AvgIpc) is 3.14. The Labute approximate surface area is 164 Å². The third kappa shape index (κ3) is 3.84. The van der Waals surface area contributed by atoms with E-state index in [0.717, 1.165) is 42.7 Å². The summed E-state index contributed by atoms with van der Waals surface area (Å²) in [5.41, 5.74) is 3.04. The Hall–Kier alpha value is -3.33. The minimum absolute atomic E-state index is 0.00336. The molecular formula is C22H23N5O. The van der Waals surface area contributed by atoms with Crippen molar-refractivity contribution in [1.82, 2.24) is 14.7 Å². The SMILES string of the molecule is Cc1ccc(C(=O)NC2CCC(Nc3cccc4nc(C#N)cn34)CC2)cc1. The van der Waals surface area contributed by atoms with Crippen LogP contribution in [0, 0.1) is 18.3 Å². The molecule has 2 N–H and O–H groups in total. The van der Waals surface area contributed by atoms with Crippen LogP contribution in [0.5, 0.6) is 0 Å². The number of hydrogen-bond donors (Lipinski definition) is 2. The van der Waals surface area contributed by atoms with Gasteiger partial charge in [0.25, 0.3) is 5.91 Å². The van der Waals surface area contributed by atoms with Gasteiger partial charge in [-0.25, -0.2) is 4.98 Å². The van der Waals surface area contributed by atoms with E-state index in [1.807, 2.05) is 53.8 Å². The molecule has 1 aromatic carbocycles. The summed E-state index contributed by atoms with van der Waals surface area (Å²) in [5.74, 6) is 0.947. The normalized spacial score (nSPS) is 19.1. The number of anilines is 1. The number of imidazole rings is 1. The summed E-state index contributed by atoms with van der Waals surface area (Å²) in [5, 5.41) is 15.8. The standard InChI is InChI=1S/C22H23N5O/c1-15-5-7-16(8-6-15)22(28)26-18-11-9-17(10-12-18)24-20-3-2-4-21-25-19(13-23)14-27(20)21/h2-8,14,17-18,24H,9-12H2,1H3,(H,26,28). The van der Waals surface area contributed by atoms with Crippen molar-refractivity contribution in [1.29, 1.82) is 5.26 Å². The van der Waals surface area contributed by atoms with Crippen molar-refractivity contribution in [2.24, 2.45) is 0 Å². The number of nitrogens with zero attached hydrogens (tertiary/aromatic N) is 3. The Kier molecular flexibility index (Phi) is 4.98. The second kappa shape index (κ2) is 7.73. The molecule has 1 amide bonds.